The molecule has 4 nitrogen and oxygen atoms in total. The maximum atomic E-state index is 5.99. The maximum Gasteiger partial charge on any atom is 0.188 e. The van der Waals surface area contributed by atoms with E-state index in [1.807, 2.05) is 6.92 Å². The van der Waals surface area contributed by atoms with Crippen molar-refractivity contribution in [2.75, 3.05) is 19.7 Å². The number of aliphatic imine (C=N–C) groups is 1. The van der Waals surface area contributed by atoms with Gasteiger partial charge in [0.25, 0.3) is 0 Å². The minimum absolute atomic E-state index is 0. The first kappa shape index (κ1) is 20.3. The first-order chi connectivity index (χ1) is 9.49. The van der Waals surface area contributed by atoms with E-state index >= 15 is 0 Å². The number of hydrogen-bond acceptors (Lipinski definition) is 2. The van der Waals surface area contributed by atoms with E-state index in [2.05, 4.69) is 16.9 Å². The summed E-state index contributed by atoms with van der Waals surface area (Å²) >= 11 is 11.8. The molecule has 0 atom stereocenters. The lowest BCUT2D eigenvalue weighted by Gasteiger charge is -2.09. The van der Waals surface area contributed by atoms with Crippen molar-refractivity contribution in [3.8, 4) is 5.75 Å². The first-order valence-corrected chi connectivity index (χ1v) is 7.00. The summed E-state index contributed by atoms with van der Waals surface area (Å²) in [6, 6.07) is 5.14. The monoisotopic (exact) mass is 443 g/mol. The third-order valence-corrected chi connectivity index (χ3v) is 2.83. The smallest absolute Gasteiger partial charge is 0.188 e. The topological polar surface area (TPSA) is 59.6 Å². The van der Waals surface area contributed by atoms with Gasteiger partial charge in [0.15, 0.2) is 5.96 Å². The molecule has 0 heterocycles. The van der Waals surface area contributed by atoms with Gasteiger partial charge in [-0.2, -0.15) is 0 Å². The van der Waals surface area contributed by atoms with Gasteiger partial charge in [0.1, 0.15) is 5.75 Å². The Morgan fingerprint density at radius 1 is 1.43 bits per heavy atom. The SMILES string of the molecule is C=C(C)CN=C(N)NCCCOc1ccc(Cl)cc1Cl.I. The van der Waals surface area contributed by atoms with Crippen molar-refractivity contribution >= 4 is 53.1 Å². The summed E-state index contributed by atoms with van der Waals surface area (Å²) in [5, 5.41) is 4.10. The number of nitrogens with one attached hydrogen (secondary N) is 1. The van der Waals surface area contributed by atoms with Gasteiger partial charge in [-0.1, -0.05) is 35.4 Å². The number of nitrogens with zero attached hydrogens (tertiary/aromatic N) is 1. The summed E-state index contributed by atoms with van der Waals surface area (Å²) in [6.07, 6.45) is 0.780. The Hall–Kier alpha value is -0.660. The Bertz CT molecular complexity index is 495. The van der Waals surface area contributed by atoms with Crippen molar-refractivity contribution in [1.82, 2.24) is 5.32 Å². The molecular weight excluding hydrogens is 424 g/mol. The fraction of sp³-hybridized carbons (Fsp3) is 0.357. The van der Waals surface area contributed by atoms with E-state index in [1.54, 1.807) is 18.2 Å². The van der Waals surface area contributed by atoms with Crippen molar-refractivity contribution in [2.24, 2.45) is 10.7 Å². The molecule has 1 aromatic rings. The third-order valence-electron chi connectivity index (χ3n) is 2.30. The number of rotatable bonds is 7. The minimum atomic E-state index is 0. The summed E-state index contributed by atoms with van der Waals surface area (Å²) in [6.45, 7) is 7.40. The first-order valence-electron chi connectivity index (χ1n) is 6.25. The number of ether oxygens (including phenoxy) is 1. The molecule has 0 saturated heterocycles. The van der Waals surface area contributed by atoms with Crippen LogP contribution in [0.5, 0.6) is 5.75 Å². The Labute approximate surface area is 152 Å². The number of guanidine groups is 1. The Morgan fingerprint density at radius 3 is 2.76 bits per heavy atom. The van der Waals surface area contributed by atoms with Gasteiger partial charge < -0.3 is 15.8 Å². The highest BCUT2D eigenvalue weighted by atomic mass is 127. The van der Waals surface area contributed by atoms with Crippen LogP contribution < -0.4 is 15.8 Å². The molecule has 0 unspecified atom stereocenters. The quantitative estimate of drug-likeness (QED) is 0.221. The average Bonchev–Trinajstić information content (AvgIpc) is 2.38. The van der Waals surface area contributed by atoms with Crippen LogP contribution in [0.15, 0.2) is 35.3 Å². The van der Waals surface area contributed by atoms with E-state index < -0.39 is 0 Å². The molecule has 7 heteroatoms. The average molecular weight is 444 g/mol. The van der Waals surface area contributed by atoms with Crippen molar-refractivity contribution in [2.45, 2.75) is 13.3 Å². The molecule has 0 saturated carbocycles. The molecular formula is C14H20Cl2IN3O. The van der Waals surface area contributed by atoms with E-state index in [0.717, 1.165) is 12.0 Å². The Balaban J connectivity index is 0.00000400. The van der Waals surface area contributed by atoms with Crippen LogP contribution in [0.3, 0.4) is 0 Å². The maximum absolute atomic E-state index is 5.99. The highest BCUT2D eigenvalue weighted by Crippen LogP contribution is 2.27. The second-order valence-corrected chi connectivity index (χ2v) is 5.21. The van der Waals surface area contributed by atoms with Crippen LogP contribution >= 0.6 is 47.2 Å². The van der Waals surface area contributed by atoms with Crippen molar-refractivity contribution in [3.63, 3.8) is 0 Å². The molecule has 0 spiro atoms. The lowest BCUT2D eigenvalue weighted by Crippen LogP contribution is -2.33. The molecule has 21 heavy (non-hydrogen) atoms. The molecule has 0 amide bonds. The molecule has 0 aliphatic rings. The van der Waals surface area contributed by atoms with Gasteiger partial charge in [0.05, 0.1) is 18.2 Å². The number of hydrogen-bond donors (Lipinski definition) is 2. The van der Waals surface area contributed by atoms with Gasteiger partial charge in [-0.3, -0.25) is 0 Å². The molecule has 1 rings (SSSR count). The van der Waals surface area contributed by atoms with Crippen LogP contribution in [-0.2, 0) is 0 Å². The standard InChI is InChI=1S/C14H19Cl2N3O.HI/c1-10(2)9-19-14(17)18-6-3-7-20-13-5-4-11(15)8-12(13)16;/h4-5,8H,1,3,6-7,9H2,2H3,(H3,17,18,19);1H. The number of nitrogens with two attached hydrogens (primary N) is 1. The van der Waals surface area contributed by atoms with Gasteiger partial charge in [-0.15, -0.1) is 24.0 Å². The van der Waals surface area contributed by atoms with Crippen molar-refractivity contribution < 1.29 is 4.74 Å². The zero-order chi connectivity index (χ0) is 15.0. The molecule has 1 aromatic carbocycles. The molecule has 118 valence electrons. The van der Waals surface area contributed by atoms with E-state index in [0.29, 0.717) is 41.5 Å². The highest BCUT2D eigenvalue weighted by molar-refractivity contribution is 14.0. The van der Waals surface area contributed by atoms with Crippen LogP contribution in [-0.4, -0.2) is 25.7 Å². The second-order valence-electron chi connectivity index (χ2n) is 4.36. The second kappa shape index (κ2) is 11.0. The van der Waals surface area contributed by atoms with E-state index in [9.17, 15) is 0 Å². The zero-order valence-corrected chi connectivity index (χ0v) is 15.7. The van der Waals surface area contributed by atoms with Gasteiger partial charge in [-0.05, 0) is 31.5 Å². The number of benzene rings is 1. The lowest BCUT2D eigenvalue weighted by molar-refractivity contribution is 0.311. The van der Waals surface area contributed by atoms with Crippen LogP contribution in [0, 0.1) is 0 Å². The molecule has 0 aliphatic carbocycles. The Kier molecular flexibility index (Phi) is 10.6. The highest BCUT2D eigenvalue weighted by Gasteiger charge is 2.01. The van der Waals surface area contributed by atoms with Crippen molar-refractivity contribution in [3.05, 3.63) is 40.4 Å². The minimum Gasteiger partial charge on any atom is -0.492 e. The molecule has 0 radical (unpaired) electrons. The zero-order valence-electron chi connectivity index (χ0n) is 11.9. The predicted molar refractivity (Wildman–Crippen MR) is 101 cm³/mol. The molecule has 0 aliphatic heterocycles. The van der Waals surface area contributed by atoms with Gasteiger partial charge in [0, 0.05) is 11.6 Å². The van der Waals surface area contributed by atoms with Crippen molar-refractivity contribution in [1.29, 1.82) is 0 Å². The normalized spacial score (nSPS) is 10.7. The summed E-state index contributed by atoms with van der Waals surface area (Å²) in [5.74, 6) is 1.04. The Morgan fingerprint density at radius 2 is 2.14 bits per heavy atom. The fourth-order valence-corrected chi connectivity index (χ4v) is 1.80. The lowest BCUT2D eigenvalue weighted by atomic mass is 10.3. The van der Waals surface area contributed by atoms with Gasteiger partial charge in [0.2, 0.25) is 0 Å². The van der Waals surface area contributed by atoms with Gasteiger partial charge in [-0.25, -0.2) is 4.99 Å². The molecule has 0 aromatic heterocycles. The summed E-state index contributed by atoms with van der Waals surface area (Å²) in [7, 11) is 0. The predicted octanol–water partition coefficient (Wildman–Crippen LogP) is 3.86. The van der Waals surface area contributed by atoms with E-state index in [4.69, 9.17) is 33.7 Å². The van der Waals surface area contributed by atoms with Crippen LogP contribution in [0.2, 0.25) is 10.0 Å². The van der Waals surface area contributed by atoms with Crippen LogP contribution in [0.25, 0.3) is 0 Å². The summed E-state index contributed by atoms with van der Waals surface area (Å²) < 4.78 is 5.55. The van der Waals surface area contributed by atoms with Gasteiger partial charge >= 0.3 is 0 Å². The third kappa shape index (κ3) is 9.06. The summed E-state index contributed by atoms with van der Waals surface area (Å²) in [5.41, 5.74) is 6.65. The van der Waals surface area contributed by atoms with E-state index in [-0.39, 0.29) is 24.0 Å². The van der Waals surface area contributed by atoms with E-state index in [1.165, 1.54) is 0 Å². The van der Waals surface area contributed by atoms with Crippen LogP contribution in [0.4, 0.5) is 0 Å². The largest absolute Gasteiger partial charge is 0.492 e. The molecule has 0 bridgehead atoms. The number of halogens is 3. The summed E-state index contributed by atoms with van der Waals surface area (Å²) in [4.78, 5) is 4.11. The van der Waals surface area contributed by atoms with Crippen LogP contribution in [0.1, 0.15) is 13.3 Å². The molecule has 3 N–H and O–H groups in total. The fourth-order valence-electron chi connectivity index (χ4n) is 1.34. The molecule has 0 fully saturated rings.